The van der Waals surface area contributed by atoms with Gasteiger partial charge in [-0.15, -0.1) is 0 Å². The van der Waals surface area contributed by atoms with Gasteiger partial charge in [0.25, 0.3) is 5.91 Å². The molecular formula is C21H23N5O2. The molecule has 0 spiro atoms. The number of ether oxygens (including phenoxy) is 1. The Morgan fingerprint density at radius 1 is 1.11 bits per heavy atom. The summed E-state index contributed by atoms with van der Waals surface area (Å²) >= 11 is 0. The fourth-order valence-corrected chi connectivity index (χ4v) is 3.54. The van der Waals surface area contributed by atoms with Gasteiger partial charge in [0.15, 0.2) is 0 Å². The molecule has 1 aliphatic rings. The summed E-state index contributed by atoms with van der Waals surface area (Å²) in [5.74, 6) is 1.31. The lowest BCUT2D eigenvalue weighted by atomic mass is 9.94. The number of aryl methyl sites for hydroxylation is 2. The summed E-state index contributed by atoms with van der Waals surface area (Å²) in [5, 5.41) is 4.10. The third kappa shape index (κ3) is 3.74. The van der Waals surface area contributed by atoms with Crippen LogP contribution in [-0.4, -0.2) is 43.6 Å². The molecule has 1 unspecified atom stereocenters. The first-order valence-electron chi connectivity index (χ1n) is 9.44. The Bertz CT molecular complexity index is 967. The molecule has 1 amide bonds. The number of hydrogen-bond donors (Lipinski definition) is 0. The topological polar surface area (TPSA) is 73.1 Å². The van der Waals surface area contributed by atoms with Gasteiger partial charge in [-0.1, -0.05) is 17.7 Å². The first-order valence-corrected chi connectivity index (χ1v) is 9.44. The Hall–Kier alpha value is -3.22. The highest BCUT2D eigenvalue weighted by atomic mass is 16.5. The van der Waals surface area contributed by atoms with Crippen LogP contribution in [0.25, 0.3) is 0 Å². The molecule has 0 saturated carbocycles. The van der Waals surface area contributed by atoms with Crippen LogP contribution in [0.1, 0.15) is 40.5 Å². The van der Waals surface area contributed by atoms with Crippen LogP contribution in [0.5, 0.6) is 11.6 Å². The number of aromatic nitrogens is 4. The second kappa shape index (κ2) is 7.80. The normalized spacial score (nSPS) is 16.8. The molecule has 2 aromatic heterocycles. The SMILES string of the molecule is Cc1ccc(Oc2nccnc2C2CCCN(C(=O)c3ccnn3C)C2)cc1. The Labute approximate surface area is 164 Å². The van der Waals surface area contributed by atoms with Crippen LogP contribution in [0, 0.1) is 6.92 Å². The van der Waals surface area contributed by atoms with E-state index in [0.29, 0.717) is 18.1 Å². The van der Waals surface area contributed by atoms with E-state index in [1.807, 2.05) is 36.1 Å². The van der Waals surface area contributed by atoms with E-state index in [2.05, 4.69) is 15.1 Å². The Kier molecular flexibility index (Phi) is 5.06. The van der Waals surface area contributed by atoms with Gasteiger partial charge in [0.2, 0.25) is 5.88 Å². The summed E-state index contributed by atoms with van der Waals surface area (Å²) < 4.78 is 7.62. The number of carbonyl (C=O) groups is 1. The molecule has 3 heterocycles. The molecule has 1 atom stereocenters. The van der Waals surface area contributed by atoms with Gasteiger partial charge in [0.05, 0.1) is 0 Å². The smallest absolute Gasteiger partial charge is 0.272 e. The Morgan fingerprint density at radius 3 is 2.64 bits per heavy atom. The van der Waals surface area contributed by atoms with Crippen molar-refractivity contribution >= 4 is 5.91 Å². The summed E-state index contributed by atoms with van der Waals surface area (Å²) in [6, 6.07) is 9.60. The monoisotopic (exact) mass is 377 g/mol. The first-order chi connectivity index (χ1) is 13.6. The van der Waals surface area contributed by atoms with Gasteiger partial charge < -0.3 is 9.64 Å². The molecule has 3 aromatic rings. The second-order valence-corrected chi connectivity index (χ2v) is 7.09. The highest BCUT2D eigenvalue weighted by Gasteiger charge is 2.29. The number of piperidine rings is 1. The van der Waals surface area contributed by atoms with Crippen molar-refractivity contribution in [2.75, 3.05) is 13.1 Å². The van der Waals surface area contributed by atoms with Gasteiger partial charge in [0.1, 0.15) is 17.1 Å². The van der Waals surface area contributed by atoms with E-state index in [1.165, 1.54) is 5.56 Å². The van der Waals surface area contributed by atoms with Crippen molar-refractivity contribution in [1.82, 2.24) is 24.6 Å². The lowest BCUT2D eigenvalue weighted by Crippen LogP contribution is -2.40. The Balaban J connectivity index is 1.54. The van der Waals surface area contributed by atoms with Crippen molar-refractivity contribution in [2.24, 2.45) is 7.05 Å². The zero-order valence-corrected chi connectivity index (χ0v) is 16.1. The molecule has 1 saturated heterocycles. The van der Waals surface area contributed by atoms with E-state index in [-0.39, 0.29) is 11.8 Å². The molecule has 28 heavy (non-hydrogen) atoms. The highest BCUT2D eigenvalue weighted by molar-refractivity contribution is 5.92. The molecule has 0 aliphatic carbocycles. The van der Waals surface area contributed by atoms with Crippen molar-refractivity contribution in [3.8, 4) is 11.6 Å². The quantitative estimate of drug-likeness (QED) is 0.697. The maximum atomic E-state index is 12.9. The van der Waals surface area contributed by atoms with Crippen LogP contribution in [0.3, 0.4) is 0 Å². The van der Waals surface area contributed by atoms with Crippen LogP contribution < -0.4 is 4.74 Å². The predicted molar refractivity (Wildman–Crippen MR) is 104 cm³/mol. The minimum atomic E-state index is -0.00501. The van der Waals surface area contributed by atoms with E-state index < -0.39 is 0 Å². The van der Waals surface area contributed by atoms with Crippen LogP contribution in [0.2, 0.25) is 0 Å². The number of amides is 1. The number of rotatable bonds is 4. The van der Waals surface area contributed by atoms with Gasteiger partial charge in [-0.3, -0.25) is 14.5 Å². The third-order valence-corrected chi connectivity index (χ3v) is 5.06. The number of benzene rings is 1. The van der Waals surface area contributed by atoms with E-state index in [9.17, 15) is 4.79 Å². The molecule has 144 valence electrons. The predicted octanol–water partition coefficient (Wildman–Crippen LogP) is 3.33. The first kappa shape index (κ1) is 18.2. The van der Waals surface area contributed by atoms with E-state index in [4.69, 9.17) is 4.74 Å². The highest BCUT2D eigenvalue weighted by Crippen LogP contribution is 2.33. The number of likely N-dealkylation sites (tertiary alicyclic amines) is 1. The average Bonchev–Trinajstić information content (AvgIpc) is 3.15. The van der Waals surface area contributed by atoms with Crippen molar-refractivity contribution in [3.63, 3.8) is 0 Å². The summed E-state index contributed by atoms with van der Waals surface area (Å²) in [7, 11) is 1.78. The van der Waals surface area contributed by atoms with Crippen LogP contribution in [0.4, 0.5) is 0 Å². The van der Waals surface area contributed by atoms with Crippen molar-refractivity contribution < 1.29 is 9.53 Å². The fraction of sp³-hybridized carbons (Fsp3) is 0.333. The van der Waals surface area contributed by atoms with Gasteiger partial charge in [-0.05, 0) is 38.0 Å². The lowest BCUT2D eigenvalue weighted by molar-refractivity contribution is 0.0693. The standard InChI is InChI=1S/C21H23N5O2/c1-15-5-7-17(8-6-15)28-20-19(22-11-12-23-20)16-4-3-13-26(14-16)21(27)18-9-10-24-25(18)2/h5-12,16H,3-4,13-14H2,1-2H3. The van der Waals surface area contributed by atoms with E-state index in [1.54, 1.807) is 36.4 Å². The minimum Gasteiger partial charge on any atom is -0.437 e. The summed E-state index contributed by atoms with van der Waals surface area (Å²) in [5.41, 5.74) is 2.56. The van der Waals surface area contributed by atoms with Gasteiger partial charge >= 0.3 is 0 Å². The number of hydrogen-bond acceptors (Lipinski definition) is 5. The minimum absolute atomic E-state index is 0.00501. The molecule has 0 bridgehead atoms. The summed E-state index contributed by atoms with van der Waals surface area (Å²) in [6.07, 6.45) is 6.81. The van der Waals surface area contributed by atoms with Crippen molar-refractivity contribution in [3.05, 3.63) is 65.9 Å². The number of nitrogens with zero attached hydrogens (tertiary/aromatic N) is 5. The van der Waals surface area contributed by atoms with Crippen molar-refractivity contribution in [1.29, 1.82) is 0 Å². The van der Waals surface area contributed by atoms with Gasteiger partial charge in [0, 0.05) is 44.6 Å². The maximum absolute atomic E-state index is 12.9. The van der Waals surface area contributed by atoms with Crippen LogP contribution >= 0.6 is 0 Å². The summed E-state index contributed by atoms with van der Waals surface area (Å²) in [4.78, 5) is 23.7. The lowest BCUT2D eigenvalue weighted by Gasteiger charge is -2.32. The molecule has 0 N–H and O–H groups in total. The molecule has 1 aliphatic heterocycles. The summed E-state index contributed by atoms with van der Waals surface area (Å²) in [6.45, 7) is 3.36. The zero-order chi connectivity index (χ0) is 19.5. The molecule has 0 radical (unpaired) electrons. The van der Waals surface area contributed by atoms with Crippen LogP contribution in [0.15, 0.2) is 48.9 Å². The fourth-order valence-electron chi connectivity index (χ4n) is 3.54. The van der Waals surface area contributed by atoms with E-state index >= 15 is 0 Å². The molecule has 7 nitrogen and oxygen atoms in total. The average molecular weight is 377 g/mol. The Morgan fingerprint density at radius 2 is 1.89 bits per heavy atom. The van der Waals surface area contributed by atoms with E-state index in [0.717, 1.165) is 30.8 Å². The second-order valence-electron chi connectivity index (χ2n) is 7.09. The molecular weight excluding hydrogens is 354 g/mol. The molecule has 1 aromatic carbocycles. The van der Waals surface area contributed by atoms with Crippen LogP contribution in [-0.2, 0) is 7.05 Å². The molecule has 7 heteroatoms. The van der Waals surface area contributed by atoms with Gasteiger partial charge in [-0.2, -0.15) is 5.10 Å². The van der Waals surface area contributed by atoms with Gasteiger partial charge in [-0.25, -0.2) is 4.98 Å². The molecule has 1 fully saturated rings. The largest absolute Gasteiger partial charge is 0.437 e. The number of carbonyl (C=O) groups excluding carboxylic acids is 1. The third-order valence-electron chi connectivity index (χ3n) is 5.06. The van der Waals surface area contributed by atoms with Crippen molar-refractivity contribution in [2.45, 2.75) is 25.7 Å². The zero-order valence-electron chi connectivity index (χ0n) is 16.1. The maximum Gasteiger partial charge on any atom is 0.272 e. The molecule has 4 rings (SSSR count).